The number of fused-ring (bicyclic) bond motifs is 4. The van der Waals surface area contributed by atoms with Gasteiger partial charge in [-0.25, -0.2) is 19.0 Å². The predicted molar refractivity (Wildman–Crippen MR) is 177 cm³/mol. The molecule has 3 aromatic rings. The van der Waals surface area contributed by atoms with E-state index in [0.717, 1.165) is 7.11 Å². The number of hydrogen-bond acceptors (Lipinski definition) is 13. The molecule has 18 heteroatoms. The van der Waals surface area contributed by atoms with Crippen LogP contribution in [0.5, 0.6) is 5.75 Å². The quantitative estimate of drug-likeness (QED) is 0.140. The maximum atomic E-state index is 13.8. The van der Waals surface area contributed by atoms with Gasteiger partial charge in [0.15, 0.2) is 22.3 Å². The second-order valence-electron chi connectivity index (χ2n) is 12.6. The lowest BCUT2D eigenvalue weighted by atomic mass is 9.97. The summed E-state index contributed by atoms with van der Waals surface area (Å²) in [6, 6.07) is 8.03. The maximum Gasteiger partial charge on any atom is 0.513 e. The molecule has 3 aliphatic rings. The van der Waals surface area contributed by atoms with Crippen molar-refractivity contribution in [2.24, 2.45) is 5.92 Å². The first-order chi connectivity index (χ1) is 24.2. The zero-order valence-corrected chi connectivity index (χ0v) is 28.5. The summed E-state index contributed by atoms with van der Waals surface area (Å²) in [5.41, 5.74) is -0.856. The molecule has 4 heterocycles. The van der Waals surface area contributed by atoms with E-state index in [1.54, 1.807) is 51.1 Å². The summed E-state index contributed by atoms with van der Waals surface area (Å²) in [5, 5.41) is 7.23. The van der Waals surface area contributed by atoms with Crippen LogP contribution in [0.4, 0.5) is 4.79 Å². The van der Waals surface area contributed by atoms with Gasteiger partial charge in [0, 0.05) is 0 Å². The van der Waals surface area contributed by atoms with E-state index in [2.05, 4.69) is 20.7 Å². The van der Waals surface area contributed by atoms with Crippen LogP contribution in [0.2, 0.25) is 0 Å². The van der Waals surface area contributed by atoms with Gasteiger partial charge >= 0.3 is 17.9 Å². The van der Waals surface area contributed by atoms with Crippen molar-refractivity contribution in [3.63, 3.8) is 0 Å². The third-order valence-corrected chi connectivity index (χ3v) is 10.1. The molecule has 3 N–H and O–H groups in total. The van der Waals surface area contributed by atoms with Crippen LogP contribution in [-0.2, 0) is 40.0 Å². The fourth-order valence-electron chi connectivity index (χ4n) is 6.20. The third-order valence-electron chi connectivity index (χ3n) is 8.60. The first-order valence-electron chi connectivity index (χ1n) is 15.8. The number of thioether (sulfide) groups is 1. The minimum Gasteiger partial charge on any atom is -0.444 e. The Morgan fingerprint density at radius 3 is 2.37 bits per heavy atom. The normalized spacial score (nSPS) is 22.8. The second kappa shape index (κ2) is 13.6. The number of hydrogen-bond donors (Lipinski definition) is 3. The van der Waals surface area contributed by atoms with Gasteiger partial charge in [0.1, 0.15) is 30.0 Å². The Morgan fingerprint density at radius 1 is 0.980 bits per heavy atom. The number of methoxy groups -OCH3 is 1. The Balaban J connectivity index is 1.18. The lowest BCUT2D eigenvalue weighted by Gasteiger charge is -2.46. The van der Waals surface area contributed by atoms with Gasteiger partial charge in [-0.3, -0.25) is 24.0 Å². The smallest absolute Gasteiger partial charge is 0.444 e. The van der Waals surface area contributed by atoms with E-state index in [4.69, 9.17) is 13.9 Å². The van der Waals surface area contributed by atoms with Gasteiger partial charge in [0.25, 0.3) is 5.56 Å². The van der Waals surface area contributed by atoms with Crippen LogP contribution in [0.15, 0.2) is 62.5 Å². The highest BCUT2D eigenvalue weighted by atomic mass is 32.2. The van der Waals surface area contributed by atoms with Crippen molar-refractivity contribution in [1.82, 2.24) is 25.4 Å². The Labute approximate surface area is 292 Å². The number of aromatic nitrogens is 1. The molecule has 3 saturated heterocycles. The first kappa shape index (κ1) is 35.2. The van der Waals surface area contributed by atoms with Crippen molar-refractivity contribution in [2.45, 2.75) is 68.2 Å². The molecule has 6 atom stereocenters. The molecular formula is C33H33N5O12S. The van der Waals surface area contributed by atoms with Gasteiger partial charge < -0.3 is 39.5 Å². The van der Waals surface area contributed by atoms with Crippen LogP contribution in [-0.4, -0.2) is 80.8 Å². The van der Waals surface area contributed by atoms with E-state index in [9.17, 15) is 38.4 Å². The van der Waals surface area contributed by atoms with E-state index in [0.29, 0.717) is 10.1 Å². The number of esters is 1. The summed E-state index contributed by atoms with van der Waals surface area (Å²) in [6.45, 7) is 4.49. The van der Waals surface area contributed by atoms with Crippen LogP contribution in [0.25, 0.3) is 11.0 Å². The molecule has 17 nitrogen and oxygen atoms in total. The highest BCUT2D eigenvalue weighted by Crippen LogP contribution is 2.56. The average molecular weight is 724 g/mol. The summed E-state index contributed by atoms with van der Waals surface area (Å²) in [5.74, 6) is -4.89. The number of para-hydroxylation sites is 1. The largest absolute Gasteiger partial charge is 0.513 e. The molecule has 6 rings (SSSR count). The Bertz CT molecular complexity index is 2070. The third kappa shape index (κ3) is 6.53. The van der Waals surface area contributed by atoms with Gasteiger partial charge in [0.05, 0.1) is 12.5 Å². The summed E-state index contributed by atoms with van der Waals surface area (Å²) >= 11 is 1.25. The number of ether oxygens (including phenoxy) is 3. The molecule has 0 spiro atoms. The summed E-state index contributed by atoms with van der Waals surface area (Å²) in [4.78, 5) is 104. The number of benzene rings is 2. The number of amides is 4. The van der Waals surface area contributed by atoms with Gasteiger partial charge in [-0.15, -0.1) is 0 Å². The van der Waals surface area contributed by atoms with E-state index >= 15 is 0 Å². The minimum atomic E-state index is -1.29. The topological polar surface area (TPSA) is 222 Å². The number of nitrogens with zero attached hydrogens (tertiary/aromatic N) is 2. The predicted octanol–water partition coefficient (Wildman–Crippen LogP) is 0.530. The summed E-state index contributed by atoms with van der Waals surface area (Å²) in [7, 11) is 1.07. The van der Waals surface area contributed by atoms with Crippen LogP contribution in [0, 0.1) is 5.92 Å². The van der Waals surface area contributed by atoms with Crippen molar-refractivity contribution in [2.75, 3.05) is 7.11 Å². The average Bonchev–Trinajstić information content (AvgIpc) is 3.31. The summed E-state index contributed by atoms with van der Waals surface area (Å²) < 4.78 is 20.4. The number of carbonyl (C=O) groups excluding carboxylic acids is 6. The number of nitrogens with one attached hydrogen (secondary N) is 3. The van der Waals surface area contributed by atoms with Crippen molar-refractivity contribution < 1.29 is 47.4 Å². The zero-order valence-electron chi connectivity index (χ0n) is 27.7. The first-order valence-corrected chi connectivity index (χ1v) is 16.7. The SMILES string of the molecule is COC(=O)Oc1cccc2c(=O)n(CC(=O)NC(CC(C)C)C(=O)N[C@@H](C(=O)N[C@@H]3C(=O)N4C3SC3(C)OC(=O)C43)c3ccccc3)c(=O)oc12. The standard InChI is InChI=1S/C33H33N5O12S/c1-15(2)13-18(34-20(39)14-37-27(42)17-11-8-12-19(48-32(46)47-4)23(17)49-31(37)45)25(40)35-21(16-9-6-5-7-10-16)26(41)36-22-28(43)38-24-30(44)50-33(24,3)51-29(22)38/h5-12,15,18,21-22,24,29H,13-14H2,1-4H3,(H,34,39)(H,35,40)(H,36,41)/t18?,21-,22-,24?,29?,33?/m1/s1. The highest BCUT2D eigenvalue weighted by molar-refractivity contribution is 8.01. The molecule has 1 aromatic heterocycles. The number of β-lactam (4-membered cyclic amide) rings is 1. The van der Waals surface area contributed by atoms with Crippen molar-refractivity contribution >= 4 is 58.5 Å². The molecule has 4 amide bonds. The van der Waals surface area contributed by atoms with E-state index in [-0.39, 0.29) is 29.1 Å². The Hall–Kier alpha value is -5.65. The van der Waals surface area contributed by atoms with Crippen LogP contribution >= 0.6 is 11.8 Å². The minimum absolute atomic E-state index is 0.110. The molecular weight excluding hydrogens is 690 g/mol. The van der Waals surface area contributed by atoms with Crippen molar-refractivity contribution in [1.29, 1.82) is 0 Å². The molecule has 4 unspecified atom stereocenters. The lowest BCUT2D eigenvalue weighted by molar-refractivity contribution is -0.197. The van der Waals surface area contributed by atoms with E-state index in [1.807, 2.05) is 0 Å². The molecule has 0 aliphatic carbocycles. The molecule has 3 fully saturated rings. The van der Waals surface area contributed by atoms with E-state index < -0.39 is 88.1 Å². The van der Waals surface area contributed by atoms with Crippen molar-refractivity contribution in [3.8, 4) is 5.75 Å². The lowest BCUT2D eigenvalue weighted by Crippen LogP contribution is -2.73. The monoisotopic (exact) mass is 723 g/mol. The molecule has 51 heavy (non-hydrogen) atoms. The second-order valence-corrected chi connectivity index (χ2v) is 14.2. The zero-order chi connectivity index (χ0) is 36.8. The van der Waals surface area contributed by atoms with Gasteiger partial charge in [-0.2, -0.15) is 0 Å². The molecule has 0 radical (unpaired) electrons. The highest BCUT2D eigenvalue weighted by Gasteiger charge is 2.73. The maximum absolute atomic E-state index is 13.8. The molecule has 2 aromatic carbocycles. The number of rotatable bonds is 11. The molecule has 0 bridgehead atoms. The van der Waals surface area contributed by atoms with Gasteiger partial charge in [-0.1, -0.05) is 62.0 Å². The fourth-order valence-corrected chi connectivity index (χ4v) is 7.81. The van der Waals surface area contributed by atoms with Crippen molar-refractivity contribution in [3.05, 3.63) is 75.0 Å². The molecule has 3 aliphatic heterocycles. The van der Waals surface area contributed by atoms with Crippen LogP contribution in [0.3, 0.4) is 0 Å². The van der Waals surface area contributed by atoms with Gasteiger partial charge in [-0.05, 0) is 37.0 Å². The molecule has 268 valence electrons. The number of carbonyl (C=O) groups is 6. The summed E-state index contributed by atoms with van der Waals surface area (Å²) in [6.07, 6.45) is -1.00. The van der Waals surface area contributed by atoms with Gasteiger partial charge in [0.2, 0.25) is 23.6 Å². The fraction of sp³-hybridized carbons (Fsp3) is 0.394. The van der Waals surface area contributed by atoms with Crippen LogP contribution in [0.1, 0.15) is 38.8 Å². The Kier molecular flexibility index (Phi) is 9.37. The Morgan fingerprint density at radius 2 is 1.71 bits per heavy atom. The van der Waals surface area contributed by atoms with E-state index in [1.165, 1.54) is 34.9 Å². The molecule has 0 saturated carbocycles. The van der Waals surface area contributed by atoms with Crippen LogP contribution < -0.4 is 32.0 Å².